The van der Waals surface area contributed by atoms with E-state index in [1.165, 1.54) is 0 Å². The van der Waals surface area contributed by atoms with Crippen LogP contribution < -0.4 is 11.1 Å². The number of hydrogen-bond acceptors (Lipinski definition) is 3. The molecule has 1 fully saturated rings. The molecule has 0 unspecified atom stereocenters. The summed E-state index contributed by atoms with van der Waals surface area (Å²) in [7, 11) is 0. The molecule has 0 spiro atoms. The fourth-order valence-electron chi connectivity index (χ4n) is 2.79. The molecule has 1 aromatic rings. The van der Waals surface area contributed by atoms with E-state index in [1.54, 1.807) is 24.3 Å². The zero-order chi connectivity index (χ0) is 15.3. The molecule has 0 radical (unpaired) electrons. The minimum absolute atomic E-state index is 0.252. The Morgan fingerprint density at radius 2 is 2.00 bits per heavy atom. The lowest BCUT2D eigenvalue weighted by molar-refractivity contribution is -0.125. The van der Waals surface area contributed by atoms with Crippen LogP contribution in [-0.4, -0.2) is 17.4 Å². The van der Waals surface area contributed by atoms with Crippen molar-refractivity contribution >= 4 is 11.8 Å². The summed E-state index contributed by atoms with van der Waals surface area (Å²) in [6, 6.07) is 8.93. The molecule has 0 bridgehead atoms. The van der Waals surface area contributed by atoms with E-state index in [9.17, 15) is 9.59 Å². The lowest BCUT2D eigenvalue weighted by Gasteiger charge is -2.35. The summed E-state index contributed by atoms with van der Waals surface area (Å²) < 4.78 is 0. The Morgan fingerprint density at radius 1 is 1.29 bits per heavy atom. The van der Waals surface area contributed by atoms with E-state index in [1.807, 2.05) is 0 Å². The van der Waals surface area contributed by atoms with Gasteiger partial charge in [0.25, 0.3) is 5.91 Å². The van der Waals surface area contributed by atoms with Crippen molar-refractivity contribution in [3.05, 3.63) is 35.4 Å². The summed E-state index contributed by atoms with van der Waals surface area (Å²) in [5, 5.41) is 11.5. The van der Waals surface area contributed by atoms with E-state index in [-0.39, 0.29) is 12.3 Å². The number of rotatable bonds is 4. The SMILES string of the molecule is N#CCc1cccc(C(=O)NC2(C(N)=O)CCCCC2)c1. The van der Waals surface area contributed by atoms with Gasteiger partial charge < -0.3 is 11.1 Å². The second kappa shape index (κ2) is 6.40. The second-order valence-corrected chi connectivity index (χ2v) is 5.50. The van der Waals surface area contributed by atoms with Gasteiger partial charge in [-0.15, -0.1) is 0 Å². The van der Waals surface area contributed by atoms with Gasteiger partial charge in [0.05, 0.1) is 12.5 Å². The molecule has 0 aliphatic heterocycles. The van der Waals surface area contributed by atoms with Crippen molar-refractivity contribution in [3.63, 3.8) is 0 Å². The van der Waals surface area contributed by atoms with E-state index < -0.39 is 11.4 Å². The Hall–Kier alpha value is -2.35. The van der Waals surface area contributed by atoms with Gasteiger partial charge in [-0.05, 0) is 30.5 Å². The van der Waals surface area contributed by atoms with Crippen LogP contribution in [0, 0.1) is 11.3 Å². The van der Waals surface area contributed by atoms with Crippen LogP contribution in [0.15, 0.2) is 24.3 Å². The molecule has 110 valence electrons. The molecule has 1 aliphatic carbocycles. The summed E-state index contributed by atoms with van der Waals surface area (Å²) in [5.41, 5.74) is 5.81. The van der Waals surface area contributed by atoms with E-state index in [2.05, 4.69) is 11.4 Å². The largest absolute Gasteiger partial charge is 0.368 e. The normalized spacial score (nSPS) is 16.7. The highest BCUT2D eigenvalue weighted by Crippen LogP contribution is 2.28. The maximum atomic E-state index is 12.4. The summed E-state index contributed by atoms with van der Waals surface area (Å²) >= 11 is 0. The minimum atomic E-state index is -0.930. The van der Waals surface area contributed by atoms with Crippen molar-refractivity contribution in [3.8, 4) is 6.07 Å². The van der Waals surface area contributed by atoms with Gasteiger partial charge in [-0.3, -0.25) is 9.59 Å². The van der Waals surface area contributed by atoms with Crippen molar-refractivity contribution in [2.24, 2.45) is 5.73 Å². The summed E-state index contributed by atoms with van der Waals surface area (Å²) in [6.07, 6.45) is 4.26. The molecule has 0 heterocycles. The molecular formula is C16H19N3O2. The Kier molecular flexibility index (Phi) is 4.59. The summed E-state index contributed by atoms with van der Waals surface area (Å²) in [4.78, 5) is 24.2. The zero-order valence-corrected chi connectivity index (χ0v) is 11.9. The number of carbonyl (C=O) groups excluding carboxylic acids is 2. The van der Waals surface area contributed by atoms with Crippen LogP contribution >= 0.6 is 0 Å². The highest BCUT2D eigenvalue weighted by molar-refractivity contribution is 5.99. The smallest absolute Gasteiger partial charge is 0.252 e. The maximum Gasteiger partial charge on any atom is 0.252 e. The Morgan fingerprint density at radius 3 is 2.62 bits per heavy atom. The van der Waals surface area contributed by atoms with Gasteiger partial charge in [0.1, 0.15) is 5.54 Å². The van der Waals surface area contributed by atoms with Crippen molar-refractivity contribution in [2.45, 2.75) is 44.1 Å². The van der Waals surface area contributed by atoms with Gasteiger partial charge in [-0.25, -0.2) is 0 Å². The van der Waals surface area contributed by atoms with Crippen LogP contribution in [0.25, 0.3) is 0 Å². The van der Waals surface area contributed by atoms with Gasteiger partial charge in [-0.2, -0.15) is 5.26 Å². The molecule has 5 nitrogen and oxygen atoms in total. The number of carbonyl (C=O) groups is 2. The molecule has 0 aromatic heterocycles. The third kappa shape index (κ3) is 3.40. The number of amides is 2. The van der Waals surface area contributed by atoms with E-state index in [4.69, 9.17) is 11.0 Å². The van der Waals surface area contributed by atoms with Gasteiger partial charge in [-0.1, -0.05) is 31.4 Å². The molecule has 3 N–H and O–H groups in total. The van der Waals surface area contributed by atoms with Gasteiger partial charge in [0, 0.05) is 5.56 Å². The standard InChI is InChI=1S/C16H19N3O2/c17-10-7-12-5-4-6-13(11-12)14(20)19-16(15(18)21)8-2-1-3-9-16/h4-6,11H,1-3,7-9H2,(H2,18,21)(H,19,20). The number of nitrogens with two attached hydrogens (primary N) is 1. The van der Waals surface area contributed by atoms with Crippen LogP contribution in [0.1, 0.15) is 48.0 Å². The molecule has 21 heavy (non-hydrogen) atoms. The number of nitrogens with one attached hydrogen (secondary N) is 1. The van der Waals surface area contributed by atoms with Crippen molar-refractivity contribution < 1.29 is 9.59 Å². The van der Waals surface area contributed by atoms with Crippen LogP contribution in [0.5, 0.6) is 0 Å². The minimum Gasteiger partial charge on any atom is -0.368 e. The van der Waals surface area contributed by atoms with Crippen molar-refractivity contribution in [2.75, 3.05) is 0 Å². The summed E-state index contributed by atoms with van der Waals surface area (Å²) in [6.45, 7) is 0. The van der Waals surface area contributed by atoms with E-state index >= 15 is 0 Å². The molecule has 1 aromatic carbocycles. The van der Waals surface area contributed by atoms with Gasteiger partial charge >= 0.3 is 0 Å². The van der Waals surface area contributed by atoms with Crippen LogP contribution in [0.4, 0.5) is 0 Å². The number of benzene rings is 1. The number of hydrogen-bond donors (Lipinski definition) is 2. The monoisotopic (exact) mass is 285 g/mol. The Bertz CT molecular complexity index is 583. The van der Waals surface area contributed by atoms with Crippen LogP contribution in [0.3, 0.4) is 0 Å². The van der Waals surface area contributed by atoms with Crippen LogP contribution in [-0.2, 0) is 11.2 Å². The molecule has 0 saturated heterocycles. The first-order valence-corrected chi connectivity index (χ1v) is 7.16. The first-order valence-electron chi connectivity index (χ1n) is 7.16. The van der Waals surface area contributed by atoms with Crippen molar-refractivity contribution in [1.29, 1.82) is 5.26 Å². The third-order valence-electron chi connectivity index (χ3n) is 4.00. The number of nitriles is 1. The molecule has 0 atom stereocenters. The molecule has 1 aliphatic rings. The molecular weight excluding hydrogens is 266 g/mol. The van der Waals surface area contributed by atoms with Crippen molar-refractivity contribution in [1.82, 2.24) is 5.32 Å². The molecule has 2 rings (SSSR count). The van der Waals surface area contributed by atoms with Crippen LogP contribution in [0.2, 0.25) is 0 Å². The first kappa shape index (κ1) is 15.0. The summed E-state index contributed by atoms with van der Waals surface area (Å²) in [5.74, 6) is -0.779. The topological polar surface area (TPSA) is 96.0 Å². The van der Waals surface area contributed by atoms with Gasteiger partial charge in [0.2, 0.25) is 5.91 Å². The molecule has 5 heteroatoms. The Labute approximate surface area is 124 Å². The second-order valence-electron chi connectivity index (χ2n) is 5.50. The fraction of sp³-hybridized carbons (Fsp3) is 0.438. The predicted octanol–water partition coefficient (Wildman–Crippen LogP) is 1.67. The van der Waals surface area contributed by atoms with Gasteiger partial charge in [0.15, 0.2) is 0 Å². The lowest BCUT2D eigenvalue weighted by Crippen LogP contribution is -2.58. The quantitative estimate of drug-likeness (QED) is 0.880. The first-order chi connectivity index (χ1) is 10.1. The fourth-order valence-corrected chi connectivity index (χ4v) is 2.79. The lowest BCUT2D eigenvalue weighted by atomic mass is 9.81. The highest BCUT2D eigenvalue weighted by atomic mass is 16.2. The van der Waals surface area contributed by atoms with E-state index in [0.29, 0.717) is 18.4 Å². The Balaban J connectivity index is 2.17. The third-order valence-corrected chi connectivity index (χ3v) is 4.00. The molecule has 2 amide bonds. The van der Waals surface area contributed by atoms with E-state index in [0.717, 1.165) is 24.8 Å². The average molecular weight is 285 g/mol. The zero-order valence-electron chi connectivity index (χ0n) is 11.9. The number of nitrogens with zero attached hydrogens (tertiary/aromatic N) is 1. The predicted molar refractivity (Wildman–Crippen MR) is 78.2 cm³/mol. The highest BCUT2D eigenvalue weighted by Gasteiger charge is 2.39. The maximum absolute atomic E-state index is 12.4. The number of primary amides is 1. The average Bonchev–Trinajstić information content (AvgIpc) is 2.48. The molecule has 1 saturated carbocycles.